The molecule has 3 rings (SSSR count). The number of aryl methyl sites for hydroxylation is 1. The average Bonchev–Trinajstić information content (AvgIpc) is 2.43. The second-order valence-corrected chi connectivity index (χ2v) is 6.53. The van der Waals surface area contributed by atoms with Crippen molar-refractivity contribution in [3.05, 3.63) is 56.7 Å². The predicted molar refractivity (Wildman–Crippen MR) is 85.4 cm³/mol. The lowest BCUT2D eigenvalue weighted by Crippen LogP contribution is -2.19. The summed E-state index contributed by atoms with van der Waals surface area (Å²) in [6.07, 6.45) is 5.36. The average molecular weight is 382 g/mol. The highest BCUT2D eigenvalue weighted by Gasteiger charge is 2.21. The van der Waals surface area contributed by atoms with Crippen LogP contribution in [0.15, 0.2) is 45.5 Å². The molecular weight excluding hydrogens is 368 g/mol. The number of anilines is 1. The number of rotatable bonds is 2. The number of fused-ring (bicyclic) bond motifs is 1. The van der Waals surface area contributed by atoms with Gasteiger partial charge in [-0.05, 0) is 65.0 Å². The Balaban J connectivity index is 1.90. The van der Waals surface area contributed by atoms with Gasteiger partial charge in [0.25, 0.3) is 0 Å². The maximum atomic E-state index is 4.56. The van der Waals surface area contributed by atoms with E-state index in [0.29, 0.717) is 6.04 Å². The number of pyridine rings is 1. The standard InChI is InChI=1S/C15H14Br2N2/c16-11-6-7-12(17)14(9-11)19-13-5-1-3-10-4-2-8-18-15(10)13/h2,4,6-9,13,19H,1,3,5H2. The summed E-state index contributed by atoms with van der Waals surface area (Å²) in [5.74, 6) is 0. The number of hydrogen-bond acceptors (Lipinski definition) is 2. The summed E-state index contributed by atoms with van der Waals surface area (Å²) in [5, 5.41) is 3.61. The van der Waals surface area contributed by atoms with E-state index in [1.165, 1.54) is 17.7 Å². The molecule has 1 N–H and O–H groups in total. The normalized spacial score (nSPS) is 17.9. The van der Waals surface area contributed by atoms with Crippen LogP contribution in [-0.2, 0) is 6.42 Å². The van der Waals surface area contributed by atoms with Gasteiger partial charge in [-0.25, -0.2) is 0 Å². The second kappa shape index (κ2) is 5.63. The van der Waals surface area contributed by atoms with Gasteiger partial charge in [-0.2, -0.15) is 0 Å². The summed E-state index contributed by atoms with van der Waals surface area (Å²) in [5.41, 5.74) is 3.68. The number of aromatic nitrogens is 1. The van der Waals surface area contributed by atoms with Crippen LogP contribution in [0, 0.1) is 0 Å². The summed E-state index contributed by atoms with van der Waals surface area (Å²) in [7, 11) is 0. The minimum absolute atomic E-state index is 0.301. The molecule has 0 fully saturated rings. The molecular formula is C15H14Br2N2. The summed E-state index contributed by atoms with van der Waals surface area (Å²) >= 11 is 7.11. The number of halogens is 2. The summed E-state index contributed by atoms with van der Waals surface area (Å²) in [6, 6.07) is 10.7. The summed E-state index contributed by atoms with van der Waals surface area (Å²) in [4.78, 5) is 4.56. The molecule has 1 aliphatic rings. The Morgan fingerprint density at radius 1 is 1.21 bits per heavy atom. The molecule has 1 aromatic carbocycles. The highest BCUT2D eigenvalue weighted by molar-refractivity contribution is 9.11. The fraction of sp³-hybridized carbons (Fsp3) is 0.267. The third-order valence-electron chi connectivity index (χ3n) is 3.45. The van der Waals surface area contributed by atoms with Crippen molar-refractivity contribution in [2.45, 2.75) is 25.3 Å². The van der Waals surface area contributed by atoms with E-state index in [9.17, 15) is 0 Å². The fourth-order valence-corrected chi connectivity index (χ4v) is 3.27. The molecule has 19 heavy (non-hydrogen) atoms. The molecule has 1 aromatic heterocycles. The first-order valence-electron chi connectivity index (χ1n) is 6.39. The summed E-state index contributed by atoms with van der Waals surface area (Å²) in [6.45, 7) is 0. The molecule has 2 aromatic rings. The first-order valence-corrected chi connectivity index (χ1v) is 7.98. The van der Waals surface area contributed by atoms with Crippen molar-refractivity contribution >= 4 is 37.5 Å². The number of hydrogen-bond donors (Lipinski definition) is 1. The Kier molecular flexibility index (Phi) is 3.89. The lowest BCUT2D eigenvalue weighted by atomic mass is 9.92. The molecule has 98 valence electrons. The van der Waals surface area contributed by atoms with E-state index in [1.807, 2.05) is 18.3 Å². The quantitative estimate of drug-likeness (QED) is 0.782. The summed E-state index contributed by atoms with van der Waals surface area (Å²) < 4.78 is 2.16. The SMILES string of the molecule is Brc1ccc(Br)c(NC2CCCc3cccnc32)c1. The van der Waals surface area contributed by atoms with E-state index < -0.39 is 0 Å². The van der Waals surface area contributed by atoms with Crippen LogP contribution >= 0.6 is 31.9 Å². The van der Waals surface area contributed by atoms with Gasteiger partial charge in [0.15, 0.2) is 0 Å². The zero-order valence-electron chi connectivity index (χ0n) is 10.4. The molecule has 0 saturated heterocycles. The molecule has 0 spiro atoms. The van der Waals surface area contributed by atoms with Crippen LogP contribution in [0.2, 0.25) is 0 Å². The monoisotopic (exact) mass is 380 g/mol. The van der Waals surface area contributed by atoms with Crippen LogP contribution in [0.4, 0.5) is 5.69 Å². The van der Waals surface area contributed by atoms with Crippen molar-refractivity contribution in [1.82, 2.24) is 4.98 Å². The van der Waals surface area contributed by atoms with E-state index in [-0.39, 0.29) is 0 Å². The Morgan fingerprint density at radius 3 is 3.00 bits per heavy atom. The third kappa shape index (κ3) is 2.84. The van der Waals surface area contributed by atoms with E-state index in [0.717, 1.165) is 27.5 Å². The van der Waals surface area contributed by atoms with Gasteiger partial charge in [0.05, 0.1) is 17.4 Å². The van der Waals surface area contributed by atoms with Crippen molar-refractivity contribution in [2.75, 3.05) is 5.32 Å². The van der Waals surface area contributed by atoms with E-state index in [2.05, 4.69) is 60.4 Å². The minimum Gasteiger partial charge on any atom is -0.376 e. The van der Waals surface area contributed by atoms with Crippen LogP contribution in [0.25, 0.3) is 0 Å². The molecule has 1 unspecified atom stereocenters. The van der Waals surface area contributed by atoms with Crippen LogP contribution in [0.1, 0.15) is 30.1 Å². The first-order chi connectivity index (χ1) is 9.24. The second-order valence-electron chi connectivity index (χ2n) is 4.76. The predicted octanol–water partition coefficient (Wildman–Crippen LogP) is 5.10. The number of nitrogens with one attached hydrogen (secondary N) is 1. The molecule has 0 radical (unpaired) electrons. The first kappa shape index (κ1) is 13.1. The van der Waals surface area contributed by atoms with E-state index >= 15 is 0 Å². The molecule has 1 aliphatic carbocycles. The molecule has 1 atom stereocenters. The maximum absolute atomic E-state index is 4.56. The Hall–Kier alpha value is -0.870. The van der Waals surface area contributed by atoms with Crippen LogP contribution in [-0.4, -0.2) is 4.98 Å². The van der Waals surface area contributed by atoms with Gasteiger partial charge in [0.1, 0.15) is 0 Å². The Morgan fingerprint density at radius 2 is 2.11 bits per heavy atom. The van der Waals surface area contributed by atoms with Crippen LogP contribution in [0.3, 0.4) is 0 Å². The molecule has 0 aliphatic heterocycles. The van der Waals surface area contributed by atoms with Gasteiger partial charge < -0.3 is 5.32 Å². The zero-order valence-corrected chi connectivity index (χ0v) is 13.5. The van der Waals surface area contributed by atoms with E-state index in [4.69, 9.17) is 0 Å². The van der Waals surface area contributed by atoms with Crippen molar-refractivity contribution < 1.29 is 0 Å². The Bertz CT molecular complexity index is 598. The number of nitrogens with zero attached hydrogens (tertiary/aromatic N) is 1. The largest absolute Gasteiger partial charge is 0.376 e. The highest BCUT2D eigenvalue weighted by atomic mass is 79.9. The lowest BCUT2D eigenvalue weighted by molar-refractivity contribution is 0.583. The van der Waals surface area contributed by atoms with Crippen LogP contribution < -0.4 is 5.32 Å². The molecule has 0 bridgehead atoms. The van der Waals surface area contributed by atoms with Gasteiger partial charge in [0.2, 0.25) is 0 Å². The molecule has 2 nitrogen and oxygen atoms in total. The Labute approximate surface area is 129 Å². The fourth-order valence-electron chi connectivity index (χ4n) is 2.55. The smallest absolute Gasteiger partial charge is 0.0688 e. The van der Waals surface area contributed by atoms with Gasteiger partial charge in [0, 0.05) is 15.1 Å². The number of benzene rings is 1. The van der Waals surface area contributed by atoms with Gasteiger partial charge >= 0.3 is 0 Å². The zero-order chi connectivity index (χ0) is 13.2. The van der Waals surface area contributed by atoms with Crippen molar-refractivity contribution in [2.24, 2.45) is 0 Å². The van der Waals surface area contributed by atoms with Gasteiger partial charge in [-0.3, -0.25) is 4.98 Å². The molecule has 1 heterocycles. The van der Waals surface area contributed by atoms with Crippen LogP contribution in [0.5, 0.6) is 0 Å². The maximum Gasteiger partial charge on any atom is 0.0688 e. The van der Waals surface area contributed by atoms with E-state index in [1.54, 1.807) is 0 Å². The minimum atomic E-state index is 0.301. The topological polar surface area (TPSA) is 24.9 Å². The van der Waals surface area contributed by atoms with Gasteiger partial charge in [-0.1, -0.05) is 22.0 Å². The van der Waals surface area contributed by atoms with Crippen molar-refractivity contribution in [1.29, 1.82) is 0 Å². The third-order valence-corrected chi connectivity index (χ3v) is 4.64. The molecule has 0 saturated carbocycles. The van der Waals surface area contributed by atoms with Crippen molar-refractivity contribution in [3.63, 3.8) is 0 Å². The lowest BCUT2D eigenvalue weighted by Gasteiger charge is -2.26. The highest BCUT2D eigenvalue weighted by Crippen LogP contribution is 2.34. The molecule has 4 heteroatoms. The molecule has 0 amide bonds. The van der Waals surface area contributed by atoms with Gasteiger partial charge in [-0.15, -0.1) is 0 Å². The van der Waals surface area contributed by atoms with Crippen molar-refractivity contribution in [3.8, 4) is 0 Å².